The second-order valence-corrected chi connectivity index (χ2v) is 6.46. The van der Waals surface area contributed by atoms with Crippen molar-refractivity contribution in [1.82, 2.24) is 10.6 Å². The van der Waals surface area contributed by atoms with E-state index in [0.29, 0.717) is 24.6 Å². The van der Waals surface area contributed by atoms with Crippen LogP contribution in [0.3, 0.4) is 0 Å². The summed E-state index contributed by atoms with van der Waals surface area (Å²) in [5, 5.41) is 6.76. The monoisotopic (exact) mass is 384 g/mol. The van der Waals surface area contributed by atoms with Crippen LogP contribution < -0.4 is 20.1 Å². The molecular formula is C22H28N2O4. The molecule has 0 unspecified atom stereocenters. The number of unbranched alkanes of at least 4 members (excludes halogenated alkanes) is 1. The third-order valence-corrected chi connectivity index (χ3v) is 4.04. The predicted octanol–water partition coefficient (Wildman–Crippen LogP) is 3.20. The molecule has 2 aromatic rings. The van der Waals surface area contributed by atoms with Gasteiger partial charge in [-0.3, -0.25) is 9.59 Å². The van der Waals surface area contributed by atoms with Gasteiger partial charge in [-0.15, -0.1) is 0 Å². The van der Waals surface area contributed by atoms with Gasteiger partial charge in [0.1, 0.15) is 11.5 Å². The molecule has 0 amide bonds. The van der Waals surface area contributed by atoms with E-state index in [0.717, 1.165) is 37.1 Å². The standard InChI is InChI=1S/C22H28N2O4/c1-17(25)27-21-11-5-3-9-19(21)15-23-13-7-8-14-24-16-20-10-4-6-12-22(20)28-18(2)26/h3-6,9-12,23-24H,7-8,13-16H2,1-2H3. The van der Waals surface area contributed by atoms with Crippen molar-refractivity contribution in [2.75, 3.05) is 13.1 Å². The van der Waals surface area contributed by atoms with Crippen molar-refractivity contribution in [2.24, 2.45) is 0 Å². The van der Waals surface area contributed by atoms with Crippen molar-refractivity contribution < 1.29 is 19.1 Å². The fraction of sp³-hybridized carbons (Fsp3) is 0.364. The zero-order valence-corrected chi connectivity index (χ0v) is 16.5. The molecule has 0 spiro atoms. The van der Waals surface area contributed by atoms with Crippen LogP contribution in [0.2, 0.25) is 0 Å². The lowest BCUT2D eigenvalue weighted by Gasteiger charge is -2.11. The fourth-order valence-corrected chi connectivity index (χ4v) is 2.75. The van der Waals surface area contributed by atoms with Gasteiger partial charge in [0.15, 0.2) is 0 Å². The molecular weight excluding hydrogens is 356 g/mol. The normalized spacial score (nSPS) is 10.5. The second kappa shape index (κ2) is 11.9. The molecule has 0 saturated heterocycles. The number of ether oxygens (including phenoxy) is 2. The van der Waals surface area contributed by atoms with E-state index in [1.165, 1.54) is 13.8 Å². The Bertz CT molecular complexity index is 711. The van der Waals surface area contributed by atoms with E-state index in [1.807, 2.05) is 36.4 Å². The van der Waals surface area contributed by atoms with Gasteiger partial charge >= 0.3 is 11.9 Å². The van der Waals surface area contributed by atoms with Crippen LogP contribution in [0.4, 0.5) is 0 Å². The number of benzene rings is 2. The van der Waals surface area contributed by atoms with Gasteiger partial charge in [-0.1, -0.05) is 36.4 Å². The summed E-state index contributed by atoms with van der Waals surface area (Å²) in [6.07, 6.45) is 2.04. The third kappa shape index (κ3) is 7.90. The lowest BCUT2D eigenvalue weighted by Crippen LogP contribution is -2.19. The van der Waals surface area contributed by atoms with Gasteiger partial charge in [0, 0.05) is 38.1 Å². The minimum Gasteiger partial charge on any atom is -0.426 e. The molecule has 2 N–H and O–H groups in total. The molecule has 0 aliphatic heterocycles. The quantitative estimate of drug-likeness (QED) is 0.352. The van der Waals surface area contributed by atoms with Crippen LogP contribution in [0.25, 0.3) is 0 Å². The van der Waals surface area contributed by atoms with Gasteiger partial charge in [0.2, 0.25) is 0 Å². The summed E-state index contributed by atoms with van der Waals surface area (Å²) < 4.78 is 10.4. The van der Waals surface area contributed by atoms with Gasteiger partial charge < -0.3 is 20.1 Å². The van der Waals surface area contributed by atoms with Crippen LogP contribution in [0, 0.1) is 0 Å². The van der Waals surface area contributed by atoms with Crippen LogP contribution in [0.5, 0.6) is 11.5 Å². The highest BCUT2D eigenvalue weighted by molar-refractivity contribution is 5.70. The first-order valence-electron chi connectivity index (χ1n) is 9.50. The highest BCUT2D eigenvalue weighted by Gasteiger charge is 2.06. The Morgan fingerprint density at radius 2 is 1.11 bits per heavy atom. The van der Waals surface area contributed by atoms with Crippen LogP contribution in [0.15, 0.2) is 48.5 Å². The van der Waals surface area contributed by atoms with Gasteiger partial charge in [-0.25, -0.2) is 0 Å². The van der Waals surface area contributed by atoms with Crippen molar-refractivity contribution >= 4 is 11.9 Å². The van der Waals surface area contributed by atoms with E-state index >= 15 is 0 Å². The Morgan fingerprint density at radius 3 is 1.50 bits per heavy atom. The van der Waals surface area contributed by atoms with Crippen molar-refractivity contribution in [3.63, 3.8) is 0 Å². The largest absolute Gasteiger partial charge is 0.426 e. The molecule has 0 aliphatic carbocycles. The average Bonchev–Trinajstić information content (AvgIpc) is 2.65. The molecule has 0 aromatic heterocycles. The zero-order chi connectivity index (χ0) is 20.2. The van der Waals surface area contributed by atoms with Gasteiger partial charge in [-0.05, 0) is 38.1 Å². The highest BCUT2D eigenvalue weighted by atomic mass is 16.5. The van der Waals surface area contributed by atoms with Crippen LogP contribution in [-0.2, 0) is 22.7 Å². The molecule has 0 heterocycles. The molecule has 150 valence electrons. The average molecular weight is 384 g/mol. The summed E-state index contributed by atoms with van der Waals surface area (Å²) in [6, 6.07) is 15.1. The van der Waals surface area contributed by atoms with Gasteiger partial charge in [0.05, 0.1) is 0 Å². The van der Waals surface area contributed by atoms with Crippen LogP contribution >= 0.6 is 0 Å². The van der Waals surface area contributed by atoms with Crippen molar-refractivity contribution in [3.8, 4) is 11.5 Å². The molecule has 2 rings (SSSR count). The number of rotatable bonds is 11. The van der Waals surface area contributed by atoms with E-state index in [4.69, 9.17) is 9.47 Å². The lowest BCUT2D eigenvalue weighted by atomic mass is 10.2. The SMILES string of the molecule is CC(=O)Oc1ccccc1CNCCCCNCc1ccccc1OC(C)=O. The maximum Gasteiger partial charge on any atom is 0.308 e. The maximum atomic E-state index is 11.1. The first-order valence-corrected chi connectivity index (χ1v) is 9.50. The van der Waals surface area contributed by atoms with Crippen molar-refractivity contribution in [1.29, 1.82) is 0 Å². The summed E-state index contributed by atoms with van der Waals surface area (Å²) in [7, 11) is 0. The number of nitrogens with one attached hydrogen (secondary N) is 2. The minimum absolute atomic E-state index is 0.311. The summed E-state index contributed by atoms with van der Waals surface area (Å²) >= 11 is 0. The molecule has 0 atom stereocenters. The zero-order valence-electron chi connectivity index (χ0n) is 16.5. The Kier molecular flexibility index (Phi) is 9.18. The predicted molar refractivity (Wildman–Crippen MR) is 108 cm³/mol. The molecule has 2 aromatic carbocycles. The molecule has 6 heteroatoms. The molecule has 6 nitrogen and oxygen atoms in total. The minimum atomic E-state index is -0.311. The van der Waals surface area contributed by atoms with E-state index in [2.05, 4.69) is 10.6 Å². The Labute approximate surface area is 166 Å². The molecule has 0 fully saturated rings. The number of hydrogen-bond acceptors (Lipinski definition) is 6. The topological polar surface area (TPSA) is 76.7 Å². The first-order chi connectivity index (χ1) is 13.6. The van der Waals surface area contributed by atoms with E-state index < -0.39 is 0 Å². The highest BCUT2D eigenvalue weighted by Crippen LogP contribution is 2.18. The molecule has 0 radical (unpaired) electrons. The molecule has 0 bridgehead atoms. The molecule has 0 saturated carbocycles. The number of carbonyl (C=O) groups is 2. The smallest absolute Gasteiger partial charge is 0.308 e. The van der Waals surface area contributed by atoms with E-state index in [9.17, 15) is 9.59 Å². The Hall–Kier alpha value is -2.70. The van der Waals surface area contributed by atoms with E-state index in [-0.39, 0.29) is 11.9 Å². The summed E-state index contributed by atoms with van der Waals surface area (Å²) in [5.74, 6) is 0.592. The second-order valence-electron chi connectivity index (χ2n) is 6.46. The number of hydrogen-bond donors (Lipinski definition) is 2. The fourth-order valence-electron chi connectivity index (χ4n) is 2.75. The lowest BCUT2D eigenvalue weighted by molar-refractivity contribution is -0.132. The van der Waals surface area contributed by atoms with Gasteiger partial charge in [0.25, 0.3) is 0 Å². The number of esters is 2. The first kappa shape index (κ1) is 21.6. The number of para-hydroxylation sites is 2. The third-order valence-electron chi connectivity index (χ3n) is 4.04. The van der Waals surface area contributed by atoms with Crippen LogP contribution in [0.1, 0.15) is 37.8 Å². The summed E-state index contributed by atoms with van der Waals surface area (Å²) in [4.78, 5) is 22.3. The Morgan fingerprint density at radius 1 is 0.714 bits per heavy atom. The van der Waals surface area contributed by atoms with Crippen molar-refractivity contribution in [2.45, 2.75) is 39.8 Å². The van der Waals surface area contributed by atoms with Crippen LogP contribution in [-0.4, -0.2) is 25.0 Å². The van der Waals surface area contributed by atoms with E-state index in [1.54, 1.807) is 12.1 Å². The van der Waals surface area contributed by atoms with Crippen molar-refractivity contribution in [3.05, 3.63) is 59.7 Å². The molecule has 0 aliphatic rings. The summed E-state index contributed by atoms with van der Waals surface area (Å²) in [6.45, 7) is 5.88. The Balaban J connectivity index is 1.62. The number of carbonyl (C=O) groups excluding carboxylic acids is 2. The summed E-state index contributed by atoms with van der Waals surface area (Å²) in [5.41, 5.74) is 1.94. The molecule has 28 heavy (non-hydrogen) atoms. The van der Waals surface area contributed by atoms with Gasteiger partial charge in [-0.2, -0.15) is 0 Å². The maximum absolute atomic E-state index is 11.1.